The lowest BCUT2D eigenvalue weighted by Crippen LogP contribution is -2.41. The number of para-hydroxylation sites is 1. The summed E-state index contributed by atoms with van der Waals surface area (Å²) < 4.78 is 32.6. The number of carbonyl (C=O) groups excluding carboxylic acids is 2. The van der Waals surface area contributed by atoms with Crippen LogP contribution in [0.25, 0.3) is 6.08 Å². The van der Waals surface area contributed by atoms with E-state index < -0.39 is 22.0 Å². The maximum absolute atomic E-state index is 12.8. The average molecular weight is 488 g/mol. The van der Waals surface area contributed by atoms with Gasteiger partial charge < -0.3 is 10.1 Å². The largest absolute Gasteiger partial charge is 0.496 e. The van der Waals surface area contributed by atoms with Gasteiger partial charge in [0.25, 0.3) is 21.8 Å². The van der Waals surface area contributed by atoms with Crippen molar-refractivity contribution < 1.29 is 22.7 Å². The molecule has 2 N–H and O–H groups in total. The first kappa shape index (κ1) is 24.5. The number of amidine groups is 1. The fourth-order valence-electron chi connectivity index (χ4n) is 3.02. The average Bonchev–Trinajstić information content (AvgIpc) is 3.11. The van der Waals surface area contributed by atoms with E-state index in [0.717, 1.165) is 22.9 Å². The first-order valence-electron chi connectivity index (χ1n) is 10.2. The Morgan fingerprint density at radius 2 is 1.82 bits per heavy atom. The second-order valence-corrected chi connectivity index (χ2v) is 10.4. The summed E-state index contributed by atoms with van der Waals surface area (Å²) in [5.74, 6) is -0.829. The van der Waals surface area contributed by atoms with Crippen molar-refractivity contribution in [1.82, 2.24) is 10.0 Å². The van der Waals surface area contributed by atoms with Crippen LogP contribution in [0.3, 0.4) is 0 Å². The van der Waals surface area contributed by atoms with Gasteiger partial charge in [0, 0.05) is 5.56 Å². The zero-order chi connectivity index (χ0) is 24.2. The van der Waals surface area contributed by atoms with Crippen LogP contribution < -0.4 is 14.8 Å². The molecule has 2 aromatic carbocycles. The Morgan fingerprint density at radius 1 is 1.15 bits per heavy atom. The third-order valence-corrected chi connectivity index (χ3v) is 7.09. The number of benzene rings is 2. The first-order chi connectivity index (χ1) is 15.6. The second kappa shape index (κ2) is 10.2. The second-order valence-electron chi connectivity index (χ2n) is 7.71. The number of ether oxygens (including phenoxy) is 1. The third-order valence-electron chi connectivity index (χ3n) is 4.80. The number of methoxy groups -OCH3 is 1. The van der Waals surface area contributed by atoms with Gasteiger partial charge in [0.1, 0.15) is 11.8 Å². The minimum atomic E-state index is -4.05. The lowest BCUT2D eigenvalue weighted by molar-refractivity contribution is -0.121. The van der Waals surface area contributed by atoms with E-state index in [0.29, 0.717) is 10.7 Å². The van der Waals surface area contributed by atoms with Gasteiger partial charge in [-0.15, -0.1) is 0 Å². The van der Waals surface area contributed by atoms with E-state index in [-0.39, 0.29) is 21.9 Å². The van der Waals surface area contributed by atoms with Crippen molar-refractivity contribution in [2.75, 3.05) is 7.11 Å². The molecular formula is C23H25N3O5S2. The molecule has 0 spiro atoms. The number of sulfonamides is 1. The molecule has 0 bridgehead atoms. The molecule has 1 aliphatic rings. The lowest BCUT2D eigenvalue weighted by atomic mass is 10.1. The highest BCUT2D eigenvalue weighted by Gasteiger charge is 2.30. The Bertz CT molecular complexity index is 1220. The summed E-state index contributed by atoms with van der Waals surface area (Å²) in [5.41, 5.74) is 1.62. The normalized spacial score (nSPS) is 17.3. The highest BCUT2D eigenvalue weighted by molar-refractivity contribution is 8.18. The minimum Gasteiger partial charge on any atom is -0.496 e. The van der Waals surface area contributed by atoms with Gasteiger partial charge in [-0.05, 0) is 48.9 Å². The number of nitrogens with zero attached hydrogens (tertiary/aromatic N) is 1. The van der Waals surface area contributed by atoms with E-state index in [1.165, 1.54) is 12.1 Å². The van der Waals surface area contributed by atoms with Crippen molar-refractivity contribution in [1.29, 1.82) is 0 Å². The molecule has 0 aliphatic carbocycles. The molecule has 1 heterocycles. The van der Waals surface area contributed by atoms with E-state index >= 15 is 0 Å². The standard InChI is InChI=1S/C23H25N3O5S2/c1-14(2)20(22(28)26-33(29,30)17-11-9-15(3)10-12-17)24-23-25-21(27)19(32-23)13-16-7-5-6-8-18(16)31-4/h5-14,20H,1-4H3,(H,26,28)(H,24,25,27)/b19-13-/t20-/m0/s1. The van der Waals surface area contributed by atoms with Gasteiger partial charge in [-0.1, -0.05) is 49.7 Å². The van der Waals surface area contributed by atoms with Gasteiger partial charge >= 0.3 is 0 Å². The molecule has 174 valence electrons. The van der Waals surface area contributed by atoms with Crippen molar-refractivity contribution in [2.45, 2.75) is 31.7 Å². The summed E-state index contributed by atoms with van der Waals surface area (Å²) in [6.45, 7) is 5.34. The number of amides is 2. The molecule has 0 aromatic heterocycles. The summed E-state index contributed by atoms with van der Waals surface area (Å²) in [5, 5.41) is 2.86. The van der Waals surface area contributed by atoms with Crippen molar-refractivity contribution >= 4 is 44.8 Å². The van der Waals surface area contributed by atoms with E-state index in [1.807, 2.05) is 25.1 Å². The number of rotatable bonds is 7. The van der Waals surface area contributed by atoms with Crippen LogP contribution in [0.15, 0.2) is 63.3 Å². The fraction of sp³-hybridized carbons (Fsp3) is 0.261. The Morgan fingerprint density at radius 3 is 2.45 bits per heavy atom. The van der Waals surface area contributed by atoms with Crippen molar-refractivity contribution in [3.8, 4) is 5.75 Å². The SMILES string of the molecule is COc1ccccc1/C=C1\SC(=N[C@H](C(=O)NS(=O)(=O)c2ccc(C)cc2)C(C)C)NC1=O. The van der Waals surface area contributed by atoms with Crippen molar-refractivity contribution in [3.05, 3.63) is 64.6 Å². The zero-order valence-electron chi connectivity index (χ0n) is 18.7. The molecule has 3 rings (SSSR count). The fourth-order valence-corrected chi connectivity index (χ4v) is 4.87. The molecule has 2 amide bonds. The Hall–Kier alpha value is -3.11. The zero-order valence-corrected chi connectivity index (χ0v) is 20.3. The molecule has 1 aliphatic heterocycles. The number of aryl methyl sites for hydroxylation is 1. The third kappa shape index (κ3) is 6.02. The minimum absolute atomic E-state index is 0.0119. The Balaban J connectivity index is 1.80. The molecule has 2 aromatic rings. The molecular weight excluding hydrogens is 462 g/mol. The lowest BCUT2D eigenvalue weighted by Gasteiger charge is -2.17. The molecule has 1 saturated heterocycles. The number of carbonyl (C=O) groups is 2. The summed E-state index contributed by atoms with van der Waals surface area (Å²) in [6.07, 6.45) is 1.67. The van der Waals surface area contributed by atoms with Gasteiger partial charge in [-0.25, -0.2) is 18.1 Å². The van der Waals surface area contributed by atoms with Gasteiger partial charge in [0.2, 0.25) is 0 Å². The molecule has 33 heavy (non-hydrogen) atoms. The van der Waals surface area contributed by atoms with Crippen LogP contribution >= 0.6 is 11.8 Å². The van der Waals surface area contributed by atoms with E-state index in [2.05, 4.69) is 15.0 Å². The van der Waals surface area contributed by atoms with Crippen molar-refractivity contribution in [3.63, 3.8) is 0 Å². The topological polar surface area (TPSA) is 114 Å². The van der Waals surface area contributed by atoms with Crippen LogP contribution in [0.4, 0.5) is 0 Å². The summed E-state index contributed by atoms with van der Waals surface area (Å²) in [6, 6.07) is 12.4. The van der Waals surface area contributed by atoms with Gasteiger partial charge in [0.05, 0.1) is 16.9 Å². The van der Waals surface area contributed by atoms with Crippen LogP contribution in [0.1, 0.15) is 25.0 Å². The quantitative estimate of drug-likeness (QED) is 0.580. The predicted octanol–water partition coefficient (Wildman–Crippen LogP) is 3.09. The highest BCUT2D eigenvalue weighted by atomic mass is 32.2. The Labute approximate surface area is 197 Å². The summed E-state index contributed by atoms with van der Waals surface area (Å²) in [7, 11) is -2.50. The molecule has 1 atom stereocenters. The first-order valence-corrected chi connectivity index (χ1v) is 12.5. The van der Waals surface area contributed by atoms with Crippen LogP contribution in [-0.2, 0) is 19.6 Å². The number of nitrogens with one attached hydrogen (secondary N) is 2. The van der Waals surface area contributed by atoms with Crippen LogP contribution in [0, 0.1) is 12.8 Å². The maximum Gasteiger partial charge on any atom is 0.264 e. The number of hydrogen-bond acceptors (Lipinski definition) is 7. The van der Waals surface area contributed by atoms with E-state index in [4.69, 9.17) is 4.74 Å². The predicted molar refractivity (Wildman–Crippen MR) is 129 cm³/mol. The van der Waals surface area contributed by atoms with E-state index in [1.54, 1.807) is 45.2 Å². The highest BCUT2D eigenvalue weighted by Crippen LogP contribution is 2.30. The monoisotopic (exact) mass is 487 g/mol. The van der Waals surface area contributed by atoms with Crippen LogP contribution in [0.5, 0.6) is 5.75 Å². The summed E-state index contributed by atoms with van der Waals surface area (Å²) >= 11 is 1.08. The number of thioether (sulfide) groups is 1. The van der Waals surface area contributed by atoms with Gasteiger partial charge in [-0.3, -0.25) is 9.59 Å². The molecule has 8 nitrogen and oxygen atoms in total. The molecule has 0 radical (unpaired) electrons. The van der Waals surface area contributed by atoms with Gasteiger partial charge in [0.15, 0.2) is 5.17 Å². The molecule has 0 saturated carbocycles. The molecule has 10 heteroatoms. The number of aliphatic imine (C=N–C) groups is 1. The van der Waals surface area contributed by atoms with Crippen LogP contribution in [0.2, 0.25) is 0 Å². The van der Waals surface area contributed by atoms with Gasteiger partial charge in [-0.2, -0.15) is 0 Å². The maximum atomic E-state index is 12.8. The smallest absolute Gasteiger partial charge is 0.264 e. The number of hydrogen-bond donors (Lipinski definition) is 2. The Kier molecular flexibility index (Phi) is 7.60. The summed E-state index contributed by atoms with van der Waals surface area (Å²) in [4.78, 5) is 30.0. The van der Waals surface area contributed by atoms with Crippen LogP contribution in [-0.4, -0.2) is 38.6 Å². The van der Waals surface area contributed by atoms with Crippen molar-refractivity contribution in [2.24, 2.45) is 10.9 Å². The molecule has 0 unspecified atom stereocenters. The molecule has 1 fully saturated rings. The van der Waals surface area contributed by atoms with E-state index in [9.17, 15) is 18.0 Å².